The van der Waals surface area contributed by atoms with Crippen molar-refractivity contribution >= 4 is 23.4 Å². The highest BCUT2D eigenvalue weighted by Gasteiger charge is 2.10. The molecule has 4 amide bonds. The largest absolute Gasteiger partial charge is 0.350 e. The number of nitrogens with one attached hydrogen (secondary N) is 2. The van der Waals surface area contributed by atoms with E-state index in [9.17, 15) is 19.7 Å². The number of non-ortho nitro benzene ring substituents is 1. The van der Waals surface area contributed by atoms with E-state index >= 15 is 0 Å². The molecule has 1 aromatic rings. The van der Waals surface area contributed by atoms with Gasteiger partial charge >= 0.3 is 12.1 Å². The van der Waals surface area contributed by atoms with Gasteiger partial charge in [0.05, 0.1) is 4.92 Å². The summed E-state index contributed by atoms with van der Waals surface area (Å²) >= 11 is 0. The number of anilines is 1. The molecule has 0 aliphatic carbocycles. The van der Waals surface area contributed by atoms with E-state index in [1.54, 1.807) is 0 Å². The maximum atomic E-state index is 11.4. The maximum absolute atomic E-state index is 11.4. The van der Waals surface area contributed by atoms with Gasteiger partial charge < -0.3 is 11.1 Å². The number of nitrogens with two attached hydrogens (primary N) is 1. The Balaban J connectivity index is 2.67. The Morgan fingerprint density at radius 1 is 1.44 bits per heavy atom. The molecule has 96 valence electrons. The van der Waals surface area contributed by atoms with E-state index in [0.29, 0.717) is 0 Å². The summed E-state index contributed by atoms with van der Waals surface area (Å²) in [5.41, 5.74) is 7.08. The van der Waals surface area contributed by atoms with Gasteiger partial charge in [-0.2, -0.15) is 0 Å². The van der Waals surface area contributed by atoms with Crippen molar-refractivity contribution < 1.29 is 14.5 Å². The molecule has 9 heteroatoms. The number of rotatable bonds is 2. The van der Waals surface area contributed by atoms with Gasteiger partial charge in [-0.3, -0.25) is 10.1 Å². The van der Waals surface area contributed by atoms with Crippen LogP contribution in [0.3, 0.4) is 0 Å². The van der Waals surface area contributed by atoms with Crippen LogP contribution >= 0.6 is 0 Å². The van der Waals surface area contributed by atoms with Crippen molar-refractivity contribution in [3.05, 3.63) is 34.4 Å². The van der Waals surface area contributed by atoms with Crippen molar-refractivity contribution in [2.75, 3.05) is 12.4 Å². The maximum Gasteiger partial charge on any atom is 0.338 e. The Morgan fingerprint density at radius 2 is 2.11 bits per heavy atom. The predicted octanol–water partition coefficient (Wildman–Crippen LogP) is 0.642. The molecule has 4 N–H and O–H groups in total. The molecule has 9 nitrogen and oxygen atoms in total. The highest BCUT2D eigenvalue weighted by Crippen LogP contribution is 2.16. The number of hydrogen-bond donors (Lipinski definition) is 3. The summed E-state index contributed by atoms with van der Waals surface area (Å²) in [6.45, 7) is 0. The van der Waals surface area contributed by atoms with Crippen LogP contribution in [0.5, 0.6) is 0 Å². The minimum absolute atomic E-state index is 0.156. The minimum atomic E-state index is -0.843. The first kappa shape index (κ1) is 13.2. The summed E-state index contributed by atoms with van der Waals surface area (Å²) in [6.07, 6.45) is 0. The average molecular weight is 253 g/mol. The zero-order valence-electron chi connectivity index (χ0n) is 9.41. The summed E-state index contributed by atoms with van der Waals surface area (Å²) in [5, 5.41) is 13.6. The number of primary amides is 1. The molecule has 0 fully saturated rings. The van der Waals surface area contributed by atoms with Crippen LogP contribution < -0.4 is 16.5 Å². The lowest BCUT2D eigenvalue weighted by molar-refractivity contribution is -0.384. The number of nitro groups is 1. The van der Waals surface area contributed by atoms with Crippen LogP contribution in [0.1, 0.15) is 0 Å². The molecule has 0 aromatic heterocycles. The first-order chi connectivity index (χ1) is 8.40. The van der Waals surface area contributed by atoms with Crippen molar-refractivity contribution in [3.63, 3.8) is 0 Å². The second kappa shape index (κ2) is 5.48. The number of hydrogen-bond acceptors (Lipinski definition) is 4. The number of carbonyl (C=O) groups excluding carboxylic acids is 2. The lowest BCUT2D eigenvalue weighted by Crippen LogP contribution is -2.47. The predicted molar refractivity (Wildman–Crippen MR) is 62.6 cm³/mol. The van der Waals surface area contributed by atoms with E-state index in [1.807, 2.05) is 0 Å². The number of nitro benzene ring substituents is 1. The summed E-state index contributed by atoms with van der Waals surface area (Å²) in [7, 11) is 1.26. The van der Waals surface area contributed by atoms with E-state index in [2.05, 4.69) is 10.7 Å². The molecule has 0 atom stereocenters. The van der Waals surface area contributed by atoms with Crippen LogP contribution in [0.4, 0.5) is 21.0 Å². The van der Waals surface area contributed by atoms with E-state index in [0.717, 1.165) is 5.01 Å². The number of benzene rings is 1. The van der Waals surface area contributed by atoms with Gasteiger partial charge in [-0.15, -0.1) is 0 Å². The number of amides is 4. The smallest absolute Gasteiger partial charge is 0.338 e. The fraction of sp³-hybridized carbons (Fsp3) is 0.111. The zero-order chi connectivity index (χ0) is 13.7. The summed E-state index contributed by atoms with van der Waals surface area (Å²) < 4.78 is 0. The van der Waals surface area contributed by atoms with Crippen molar-refractivity contribution in [1.82, 2.24) is 10.4 Å². The molecule has 18 heavy (non-hydrogen) atoms. The van der Waals surface area contributed by atoms with Gasteiger partial charge in [0.15, 0.2) is 0 Å². The molecule has 0 saturated heterocycles. The van der Waals surface area contributed by atoms with E-state index in [4.69, 9.17) is 5.73 Å². The lowest BCUT2D eigenvalue weighted by atomic mass is 10.3. The van der Waals surface area contributed by atoms with Gasteiger partial charge in [-0.05, 0) is 6.07 Å². The molecule has 1 rings (SSSR count). The molecular formula is C9H11N5O4. The third kappa shape index (κ3) is 3.63. The van der Waals surface area contributed by atoms with E-state index < -0.39 is 17.0 Å². The number of carbonyl (C=O) groups is 2. The Hall–Kier alpha value is -2.84. The monoisotopic (exact) mass is 253 g/mol. The first-order valence-electron chi connectivity index (χ1n) is 4.75. The third-order valence-corrected chi connectivity index (χ3v) is 1.91. The van der Waals surface area contributed by atoms with Crippen LogP contribution in [0.15, 0.2) is 24.3 Å². The minimum Gasteiger partial charge on any atom is -0.350 e. The Kier molecular flexibility index (Phi) is 4.02. The molecule has 0 aliphatic heterocycles. The lowest BCUT2D eigenvalue weighted by Gasteiger charge is -2.15. The van der Waals surface area contributed by atoms with Gasteiger partial charge in [0.2, 0.25) is 0 Å². The molecule has 0 spiro atoms. The molecule has 0 bridgehead atoms. The second-order valence-electron chi connectivity index (χ2n) is 3.27. The number of urea groups is 2. The molecule has 1 aromatic carbocycles. The van der Waals surface area contributed by atoms with Crippen LogP contribution in [0.2, 0.25) is 0 Å². The quantitative estimate of drug-likeness (QED) is 0.527. The third-order valence-electron chi connectivity index (χ3n) is 1.91. The van der Waals surface area contributed by atoms with Crippen molar-refractivity contribution in [2.45, 2.75) is 0 Å². The Bertz CT molecular complexity index is 490. The van der Waals surface area contributed by atoms with Crippen LogP contribution in [0, 0.1) is 10.1 Å². The van der Waals surface area contributed by atoms with Gasteiger partial charge in [-0.1, -0.05) is 6.07 Å². The highest BCUT2D eigenvalue weighted by atomic mass is 16.6. The van der Waals surface area contributed by atoms with Crippen LogP contribution in [-0.2, 0) is 0 Å². The second-order valence-corrected chi connectivity index (χ2v) is 3.27. The van der Waals surface area contributed by atoms with Gasteiger partial charge in [0, 0.05) is 24.9 Å². The van der Waals surface area contributed by atoms with Gasteiger partial charge in [0.1, 0.15) is 0 Å². The SMILES string of the molecule is CN(NC(=O)Nc1cccc([N+](=O)[O-])c1)C(N)=O. The number of hydrazine groups is 1. The van der Waals surface area contributed by atoms with Crippen molar-refractivity contribution in [2.24, 2.45) is 5.73 Å². The Morgan fingerprint density at radius 3 is 2.67 bits per heavy atom. The molecule has 0 heterocycles. The molecule has 0 saturated carbocycles. The van der Waals surface area contributed by atoms with Crippen LogP contribution in [-0.4, -0.2) is 29.0 Å². The summed E-state index contributed by atoms with van der Waals surface area (Å²) in [4.78, 5) is 31.9. The first-order valence-corrected chi connectivity index (χ1v) is 4.75. The molecule has 0 radical (unpaired) electrons. The molecule has 0 aliphatic rings. The van der Waals surface area contributed by atoms with Gasteiger partial charge in [0.25, 0.3) is 5.69 Å². The van der Waals surface area contributed by atoms with E-state index in [-0.39, 0.29) is 11.4 Å². The zero-order valence-corrected chi connectivity index (χ0v) is 9.41. The average Bonchev–Trinajstić information content (AvgIpc) is 2.28. The molecule has 0 unspecified atom stereocenters. The van der Waals surface area contributed by atoms with Crippen molar-refractivity contribution in [3.8, 4) is 0 Å². The summed E-state index contributed by atoms with van der Waals surface area (Å²) in [6, 6.07) is 3.78. The fourth-order valence-corrected chi connectivity index (χ4v) is 1.06. The standard InChI is InChI=1S/C9H11N5O4/c1-13(8(10)15)12-9(16)11-6-3-2-4-7(5-6)14(17)18/h2-5H,1H3,(H2,10,15)(H2,11,12,16). The van der Waals surface area contributed by atoms with Gasteiger partial charge in [-0.25, -0.2) is 20.0 Å². The highest BCUT2D eigenvalue weighted by molar-refractivity contribution is 5.90. The van der Waals surface area contributed by atoms with E-state index in [1.165, 1.54) is 31.3 Å². The number of nitrogens with zero attached hydrogens (tertiary/aromatic N) is 2. The topological polar surface area (TPSA) is 131 Å². The van der Waals surface area contributed by atoms with Crippen LogP contribution in [0.25, 0.3) is 0 Å². The fourth-order valence-electron chi connectivity index (χ4n) is 1.06. The Labute approximate surface area is 102 Å². The summed E-state index contributed by atoms with van der Waals surface area (Å²) in [5.74, 6) is 0. The normalized spacial score (nSPS) is 9.39. The van der Waals surface area contributed by atoms with Crippen molar-refractivity contribution in [1.29, 1.82) is 0 Å². The molecular weight excluding hydrogens is 242 g/mol.